The molecule has 4 amide bonds. The van der Waals surface area contributed by atoms with Gasteiger partial charge < -0.3 is 30.3 Å². The Morgan fingerprint density at radius 3 is 2.39 bits per heavy atom. The number of amides is 4. The van der Waals surface area contributed by atoms with Gasteiger partial charge >= 0.3 is 6.03 Å². The number of urea groups is 1. The van der Waals surface area contributed by atoms with E-state index in [1.807, 2.05) is 0 Å². The maximum atomic E-state index is 12.9. The summed E-state index contributed by atoms with van der Waals surface area (Å²) in [6.07, 6.45) is 4.68. The lowest BCUT2D eigenvalue weighted by Crippen LogP contribution is -2.45. The summed E-state index contributed by atoms with van der Waals surface area (Å²) in [5.74, 6) is 1.98. The highest BCUT2D eigenvalue weighted by atomic mass is 16.5. The lowest BCUT2D eigenvalue weighted by atomic mass is 10.1. The molecule has 0 radical (unpaired) electrons. The third-order valence-corrected chi connectivity index (χ3v) is 5.58. The number of benzene rings is 2. The number of rotatable bonds is 4. The molecule has 2 unspecified atom stereocenters. The first kappa shape index (κ1) is 22.3. The Bertz CT molecular complexity index is 1080. The van der Waals surface area contributed by atoms with Crippen LogP contribution in [0.4, 0.5) is 21.9 Å². The van der Waals surface area contributed by atoms with E-state index in [4.69, 9.17) is 11.2 Å². The first-order valence-corrected chi connectivity index (χ1v) is 10.6. The number of carbonyl (C=O) groups is 3. The number of hydrogen-bond acceptors (Lipinski definition) is 5. The molecule has 2 aliphatic rings. The van der Waals surface area contributed by atoms with Crippen LogP contribution in [-0.2, 0) is 14.3 Å². The Labute approximate surface area is 191 Å². The second-order valence-corrected chi connectivity index (χ2v) is 7.84. The van der Waals surface area contributed by atoms with Crippen molar-refractivity contribution in [1.82, 2.24) is 4.90 Å². The molecule has 2 fully saturated rings. The van der Waals surface area contributed by atoms with Gasteiger partial charge in [0.15, 0.2) is 0 Å². The van der Waals surface area contributed by atoms with Gasteiger partial charge in [-0.1, -0.05) is 5.92 Å². The molecule has 33 heavy (non-hydrogen) atoms. The van der Waals surface area contributed by atoms with Crippen LogP contribution in [0.15, 0.2) is 48.5 Å². The normalized spacial score (nSPS) is 20.3. The highest BCUT2D eigenvalue weighted by Gasteiger charge is 2.39. The van der Waals surface area contributed by atoms with Gasteiger partial charge in [0.1, 0.15) is 12.6 Å². The minimum Gasteiger partial charge on any atom is -0.391 e. The van der Waals surface area contributed by atoms with E-state index in [1.54, 1.807) is 53.4 Å². The smallest absolute Gasteiger partial charge is 0.322 e. The summed E-state index contributed by atoms with van der Waals surface area (Å²) in [6, 6.07) is 12.3. The highest BCUT2D eigenvalue weighted by Crippen LogP contribution is 2.23. The minimum absolute atomic E-state index is 0.0461. The molecule has 2 atom stereocenters. The summed E-state index contributed by atoms with van der Waals surface area (Å²) in [5.41, 5.74) is 2.46. The molecule has 170 valence electrons. The second-order valence-electron chi connectivity index (χ2n) is 7.84. The van der Waals surface area contributed by atoms with Crippen LogP contribution in [0.5, 0.6) is 0 Å². The lowest BCUT2D eigenvalue weighted by molar-refractivity contribution is -0.125. The van der Waals surface area contributed by atoms with Gasteiger partial charge in [0.05, 0.1) is 12.7 Å². The number of hydrogen-bond donors (Lipinski definition) is 3. The van der Waals surface area contributed by atoms with Gasteiger partial charge in [-0.05, 0) is 48.5 Å². The molecule has 0 aliphatic carbocycles. The minimum atomic E-state index is -0.828. The second kappa shape index (κ2) is 9.73. The van der Waals surface area contributed by atoms with Crippen LogP contribution >= 0.6 is 0 Å². The monoisotopic (exact) mass is 448 g/mol. The number of terminal acetylenes is 1. The van der Waals surface area contributed by atoms with Crippen molar-refractivity contribution in [2.45, 2.75) is 18.6 Å². The summed E-state index contributed by atoms with van der Waals surface area (Å²) in [5, 5.41) is 15.6. The largest absolute Gasteiger partial charge is 0.391 e. The molecule has 0 bridgehead atoms. The quantitative estimate of drug-likeness (QED) is 0.616. The standard InChI is InChI=1S/C24H24N4O5/c1-2-16-3-5-18(6-4-16)26-24(32)28-14-20(29)13-21(28)23(31)25-17-7-9-19(10-8-17)27-11-12-33-15-22(27)30/h1,3-10,20-21,29H,11-15H2,(H,25,31)(H,26,32). The van der Waals surface area contributed by atoms with Gasteiger partial charge in [0, 0.05) is 42.1 Å². The van der Waals surface area contributed by atoms with Gasteiger partial charge in [0.2, 0.25) is 5.91 Å². The summed E-state index contributed by atoms with van der Waals surface area (Å²) >= 11 is 0. The molecule has 2 heterocycles. The number of likely N-dealkylation sites (tertiary alicyclic amines) is 1. The van der Waals surface area contributed by atoms with E-state index in [2.05, 4.69) is 16.6 Å². The number of nitrogens with zero attached hydrogens (tertiary/aromatic N) is 2. The van der Waals surface area contributed by atoms with Crippen LogP contribution in [0, 0.1) is 12.3 Å². The van der Waals surface area contributed by atoms with E-state index in [-0.39, 0.29) is 25.5 Å². The molecule has 2 aromatic rings. The van der Waals surface area contributed by atoms with Crippen molar-refractivity contribution < 1.29 is 24.2 Å². The van der Waals surface area contributed by atoms with E-state index >= 15 is 0 Å². The molecular formula is C24H24N4O5. The topological polar surface area (TPSA) is 111 Å². The Balaban J connectivity index is 1.40. The van der Waals surface area contributed by atoms with Gasteiger partial charge in [-0.3, -0.25) is 9.59 Å². The number of anilines is 3. The SMILES string of the molecule is C#Cc1ccc(NC(=O)N2CC(O)CC2C(=O)Nc2ccc(N3CCOCC3=O)cc2)cc1. The van der Waals surface area contributed by atoms with Gasteiger partial charge in [-0.15, -0.1) is 6.42 Å². The van der Waals surface area contributed by atoms with Crippen molar-refractivity contribution in [2.75, 3.05) is 41.8 Å². The number of nitrogens with one attached hydrogen (secondary N) is 2. The van der Waals surface area contributed by atoms with Gasteiger partial charge in [-0.2, -0.15) is 0 Å². The summed E-state index contributed by atoms with van der Waals surface area (Å²) in [7, 11) is 0. The zero-order valence-corrected chi connectivity index (χ0v) is 17.9. The fraction of sp³-hybridized carbons (Fsp3) is 0.292. The number of aliphatic hydroxyl groups excluding tert-OH is 1. The van der Waals surface area contributed by atoms with Crippen LogP contribution in [-0.4, -0.2) is 66.3 Å². The van der Waals surface area contributed by atoms with Crippen LogP contribution in [0.3, 0.4) is 0 Å². The average Bonchev–Trinajstić information content (AvgIpc) is 3.22. The number of β-amino-alcohol motifs (C(OH)–C–C–N with tert-alkyl or cyclic N) is 1. The molecule has 9 nitrogen and oxygen atoms in total. The molecule has 2 saturated heterocycles. The van der Waals surface area contributed by atoms with Crippen LogP contribution < -0.4 is 15.5 Å². The van der Waals surface area contributed by atoms with Crippen molar-refractivity contribution in [2.24, 2.45) is 0 Å². The van der Waals surface area contributed by atoms with E-state index in [1.165, 1.54) is 4.90 Å². The van der Waals surface area contributed by atoms with Crippen molar-refractivity contribution in [1.29, 1.82) is 0 Å². The zero-order chi connectivity index (χ0) is 23.4. The molecule has 4 rings (SSSR count). The molecule has 9 heteroatoms. The van der Waals surface area contributed by atoms with Crippen LogP contribution in [0.1, 0.15) is 12.0 Å². The van der Waals surface area contributed by atoms with Crippen LogP contribution in [0.2, 0.25) is 0 Å². The highest BCUT2D eigenvalue weighted by molar-refractivity contribution is 6.00. The maximum absolute atomic E-state index is 12.9. The average molecular weight is 448 g/mol. The van der Waals surface area contributed by atoms with Gasteiger partial charge in [0.25, 0.3) is 5.91 Å². The summed E-state index contributed by atoms with van der Waals surface area (Å²) in [4.78, 5) is 40.6. The summed E-state index contributed by atoms with van der Waals surface area (Å²) < 4.78 is 5.14. The van der Waals surface area contributed by atoms with E-state index in [0.29, 0.717) is 30.1 Å². The number of aliphatic hydroxyl groups is 1. The third kappa shape index (κ3) is 5.14. The Hall–Kier alpha value is -3.87. The van der Waals surface area contributed by atoms with Crippen molar-refractivity contribution in [3.8, 4) is 12.3 Å². The Kier molecular flexibility index (Phi) is 6.58. The lowest BCUT2D eigenvalue weighted by Gasteiger charge is -2.27. The van der Waals surface area contributed by atoms with Crippen LogP contribution in [0.25, 0.3) is 0 Å². The molecular weight excluding hydrogens is 424 g/mol. The number of carbonyl (C=O) groups excluding carboxylic acids is 3. The summed E-state index contributed by atoms with van der Waals surface area (Å²) in [6.45, 7) is 1.04. The first-order valence-electron chi connectivity index (χ1n) is 10.6. The van der Waals surface area contributed by atoms with E-state index in [9.17, 15) is 19.5 Å². The molecule has 0 saturated carbocycles. The predicted molar refractivity (Wildman–Crippen MR) is 123 cm³/mol. The van der Waals surface area contributed by atoms with E-state index in [0.717, 1.165) is 5.69 Å². The van der Waals surface area contributed by atoms with Gasteiger partial charge in [-0.25, -0.2) is 4.79 Å². The fourth-order valence-corrected chi connectivity index (χ4v) is 3.87. The zero-order valence-electron chi connectivity index (χ0n) is 17.9. The first-order chi connectivity index (χ1) is 15.9. The molecule has 2 aliphatic heterocycles. The van der Waals surface area contributed by atoms with Crippen molar-refractivity contribution in [3.63, 3.8) is 0 Å². The Morgan fingerprint density at radius 2 is 1.73 bits per heavy atom. The number of ether oxygens (including phenoxy) is 1. The maximum Gasteiger partial charge on any atom is 0.322 e. The molecule has 2 aromatic carbocycles. The van der Waals surface area contributed by atoms with Crippen molar-refractivity contribution >= 4 is 34.9 Å². The third-order valence-electron chi connectivity index (χ3n) is 5.58. The number of morpholine rings is 1. The van der Waals surface area contributed by atoms with E-state index < -0.39 is 24.1 Å². The predicted octanol–water partition coefficient (Wildman–Crippen LogP) is 1.64. The Morgan fingerprint density at radius 1 is 1.06 bits per heavy atom. The molecule has 0 aromatic heterocycles. The van der Waals surface area contributed by atoms with Crippen molar-refractivity contribution in [3.05, 3.63) is 54.1 Å². The molecule has 0 spiro atoms. The molecule has 3 N–H and O–H groups in total. The fourth-order valence-electron chi connectivity index (χ4n) is 3.87.